The number of hydrogen-bond donors (Lipinski definition) is 0. The second-order valence-electron chi connectivity index (χ2n) is 7.27. The van der Waals surface area contributed by atoms with E-state index in [1.807, 2.05) is 5.57 Å². The Bertz CT molecular complexity index is 332. The first-order chi connectivity index (χ1) is 6.90. The van der Waals surface area contributed by atoms with Crippen molar-refractivity contribution in [3.8, 4) is 0 Å². The van der Waals surface area contributed by atoms with E-state index in [1.165, 1.54) is 32.1 Å². The van der Waals surface area contributed by atoms with Crippen molar-refractivity contribution in [2.75, 3.05) is 0 Å². The average Bonchev–Trinajstić information content (AvgIpc) is 2.50. The molecule has 2 atom stereocenters. The molecule has 0 heteroatoms. The van der Waals surface area contributed by atoms with Crippen molar-refractivity contribution in [1.82, 2.24) is 0 Å². The van der Waals surface area contributed by atoms with E-state index in [-0.39, 0.29) is 0 Å². The smallest absolute Gasteiger partial charge is 0.00257 e. The fourth-order valence-electron chi connectivity index (χ4n) is 5.00. The van der Waals surface area contributed by atoms with E-state index in [0.717, 1.165) is 5.92 Å². The molecule has 0 saturated heterocycles. The summed E-state index contributed by atoms with van der Waals surface area (Å²) in [5.41, 5.74) is 3.48. The first kappa shape index (κ1) is 9.93. The molecule has 0 aromatic heterocycles. The van der Waals surface area contributed by atoms with Crippen molar-refractivity contribution >= 4 is 0 Å². The molecular weight excluding hydrogens is 180 g/mol. The van der Waals surface area contributed by atoms with Crippen LogP contribution < -0.4 is 0 Å². The van der Waals surface area contributed by atoms with Gasteiger partial charge < -0.3 is 0 Å². The number of rotatable bonds is 0. The van der Waals surface area contributed by atoms with E-state index in [4.69, 9.17) is 0 Å². The maximum Gasteiger partial charge on any atom is -0.00257 e. The van der Waals surface area contributed by atoms with Crippen LogP contribution in [0.3, 0.4) is 0 Å². The lowest BCUT2D eigenvalue weighted by molar-refractivity contribution is 0.0815. The third-order valence-electron chi connectivity index (χ3n) is 6.06. The fourth-order valence-corrected chi connectivity index (χ4v) is 5.00. The maximum atomic E-state index is 2.67. The Balaban J connectivity index is 2.14. The fraction of sp³-hybridized carbons (Fsp3) is 0.867. The largest absolute Gasteiger partial charge is 0.0805 e. The zero-order valence-electron chi connectivity index (χ0n) is 10.7. The minimum atomic E-state index is 0.491. The average molecular weight is 204 g/mol. The Morgan fingerprint density at radius 3 is 2.40 bits per heavy atom. The molecule has 3 aliphatic rings. The summed E-state index contributed by atoms with van der Waals surface area (Å²) < 4.78 is 0. The van der Waals surface area contributed by atoms with Crippen molar-refractivity contribution in [2.45, 2.75) is 59.8 Å². The van der Waals surface area contributed by atoms with E-state index in [9.17, 15) is 0 Å². The molecule has 0 aromatic rings. The van der Waals surface area contributed by atoms with Gasteiger partial charge in [0.1, 0.15) is 0 Å². The zero-order valence-corrected chi connectivity index (χ0v) is 10.7. The SMILES string of the molecule is CC1(C)CCCC23CCC(C=C12)C3(C)C. The highest BCUT2D eigenvalue weighted by molar-refractivity contribution is 5.38. The zero-order chi connectivity index (χ0) is 10.9. The summed E-state index contributed by atoms with van der Waals surface area (Å²) in [6, 6.07) is 0. The van der Waals surface area contributed by atoms with Gasteiger partial charge in [-0.15, -0.1) is 0 Å². The highest BCUT2D eigenvalue weighted by Crippen LogP contribution is 2.72. The summed E-state index contributed by atoms with van der Waals surface area (Å²) in [7, 11) is 0. The van der Waals surface area contributed by atoms with Crippen LogP contribution in [0.2, 0.25) is 0 Å². The van der Waals surface area contributed by atoms with E-state index in [2.05, 4.69) is 33.8 Å². The summed E-state index contributed by atoms with van der Waals surface area (Å²) in [4.78, 5) is 0. The molecule has 1 spiro atoms. The maximum absolute atomic E-state index is 2.67. The van der Waals surface area contributed by atoms with Gasteiger partial charge in [0.15, 0.2) is 0 Å². The van der Waals surface area contributed by atoms with E-state index in [0.29, 0.717) is 16.2 Å². The molecule has 2 saturated carbocycles. The van der Waals surface area contributed by atoms with E-state index < -0.39 is 0 Å². The predicted octanol–water partition coefficient (Wildman–Crippen LogP) is 4.56. The van der Waals surface area contributed by atoms with Crippen molar-refractivity contribution < 1.29 is 0 Å². The Morgan fingerprint density at radius 1 is 1.07 bits per heavy atom. The van der Waals surface area contributed by atoms with Gasteiger partial charge in [-0.1, -0.05) is 45.8 Å². The van der Waals surface area contributed by atoms with Crippen LogP contribution in [0.4, 0.5) is 0 Å². The molecule has 3 aliphatic carbocycles. The third kappa shape index (κ3) is 0.946. The second-order valence-corrected chi connectivity index (χ2v) is 7.27. The third-order valence-corrected chi connectivity index (χ3v) is 6.06. The quantitative estimate of drug-likeness (QED) is 0.507. The lowest BCUT2D eigenvalue weighted by atomic mass is 9.54. The molecule has 0 radical (unpaired) electrons. The number of fused-ring (bicyclic) bond motifs is 1. The van der Waals surface area contributed by atoms with Gasteiger partial charge in [0, 0.05) is 0 Å². The van der Waals surface area contributed by atoms with Crippen LogP contribution in [0.5, 0.6) is 0 Å². The minimum Gasteiger partial charge on any atom is -0.0805 e. The van der Waals surface area contributed by atoms with Gasteiger partial charge in [0.2, 0.25) is 0 Å². The molecule has 0 N–H and O–H groups in total. The van der Waals surface area contributed by atoms with Crippen LogP contribution in [-0.4, -0.2) is 0 Å². The van der Waals surface area contributed by atoms with Crippen molar-refractivity contribution in [2.24, 2.45) is 22.2 Å². The molecule has 0 heterocycles. The molecule has 0 nitrogen and oxygen atoms in total. The molecule has 3 rings (SSSR count). The molecule has 0 aromatic carbocycles. The van der Waals surface area contributed by atoms with Gasteiger partial charge in [-0.3, -0.25) is 0 Å². The van der Waals surface area contributed by atoms with Gasteiger partial charge in [0.05, 0.1) is 0 Å². The van der Waals surface area contributed by atoms with Gasteiger partial charge in [-0.2, -0.15) is 0 Å². The van der Waals surface area contributed by atoms with E-state index in [1.54, 1.807) is 0 Å². The molecule has 15 heavy (non-hydrogen) atoms. The molecule has 84 valence electrons. The van der Waals surface area contributed by atoms with Crippen molar-refractivity contribution in [1.29, 1.82) is 0 Å². The molecule has 2 unspecified atom stereocenters. The summed E-state index contributed by atoms with van der Waals surface area (Å²) in [6.07, 6.45) is 9.91. The second kappa shape index (κ2) is 2.52. The van der Waals surface area contributed by atoms with Gasteiger partial charge in [-0.05, 0) is 47.8 Å². The first-order valence-corrected chi connectivity index (χ1v) is 6.63. The number of allylic oxidation sites excluding steroid dienone is 2. The number of hydrogen-bond acceptors (Lipinski definition) is 0. The lowest BCUT2D eigenvalue weighted by Gasteiger charge is -2.50. The van der Waals surface area contributed by atoms with Crippen LogP contribution in [0.25, 0.3) is 0 Å². The summed E-state index contributed by atoms with van der Waals surface area (Å²) >= 11 is 0. The van der Waals surface area contributed by atoms with Gasteiger partial charge in [-0.25, -0.2) is 0 Å². The van der Waals surface area contributed by atoms with Gasteiger partial charge >= 0.3 is 0 Å². The molecule has 0 amide bonds. The minimum absolute atomic E-state index is 0.491. The van der Waals surface area contributed by atoms with Crippen molar-refractivity contribution in [3.63, 3.8) is 0 Å². The van der Waals surface area contributed by atoms with Gasteiger partial charge in [0.25, 0.3) is 0 Å². The standard InChI is InChI=1S/C15H24/c1-13(2)7-5-8-15-9-6-11(10-12(13)15)14(15,3)4/h10-11H,5-9H2,1-4H3. The molecule has 2 fully saturated rings. The highest BCUT2D eigenvalue weighted by Gasteiger charge is 2.62. The van der Waals surface area contributed by atoms with E-state index >= 15 is 0 Å². The Kier molecular flexibility index (Phi) is 1.67. The predicted molar refractivity (Wildman–Crippen MR) is 64.7 cm³/mol. The Labute approximate surface area is 94.1 Å². The summed E-state index contributed by atoms with van der Waals surface area (Å²) in [5, 5.41) is 0. The Morgan fingerprint density at radius 2 is 1.80 bits per heavy atom. The Hall–Kier alpha value is -0.260. The summed E-state index contributed by atoms with van der Waals surface area (Å²) in [5.74, 6) is 0.880. The topological polar surface area (TPSA) is 0 Å². The molecular formula is C15H24. The highest BCUT2D eigenvalue weighted by atomic mass is 14.7. The first-order valence-electron chi connectivity index (χ1n) is 6.63. The van der Waals surface area contributed by atoms with Crippen LogP contribution in [0.15, 0.2) is 11.6 Å². The monoisotopic (exact) mass is 204 g/mol. The normalized spacial score (nSPS) is 45.1. The van der Waals surface area contributed by atoms with Crippen LogP contribution in [-0.2, 0) is 0 Å². The molecule has 2 bridgehead atoms. The van der Waals surface area contributed by atoms with Crippen molar-refractivity contribution in [3.05, 3.63) is 11.6 Å². The van der Waals surface area contributed by atoms with Crippen LogP contribution in [0.1, 0.15) is 59.8 Å². The van der Waals surface area contributed by atoms with Crippen LogP contribution >= 0.6 is 0 Å². The lowest BCUT2D eigenvalue weighted by Crippen LogP contribution is -2.40. The van der Waals surface area contributed by atoms with Crippen LogP contribution in [0, 0.1) is 22.2 Å². The summed E-state index contributed by atoms with van der Waals surface area (Å²) in [6.45, 7) is 9.98. The molecule has 0 aliphatic heterocycles.